The molecule has 2 saturated heterocycles. The van der Waals surface area contributed by atoms with Gasteiger partial charge in [-0.2, -0.15) is 0 Å². The molecule has 5 rings (SSSR count). The number of nitrogens with two attached hydrogens (primary N) is 1. The van der Waals surface area contributed by atoms with Crippen LogP contribution in [-0.2, 0) is 4.79 Å². The highest BCUT2D eigenvalue weighted by Gasteiger charge is 2.52. The van der Waals surface area contributed by atoms with Gasteiger partial charge in [0.2, 0.25) is 5.91 Å². The quantitative estimate of drug-likeness (QED) is 0.747. The average molecular weight is 234 g/mol. The molecule has 2 heterocycles. The minimum atomic E-state index is -0.457. The Morgan fingerprint density at radius 2 is 1.59 bits per heavy atom. The van der Waals surface area contributed by atoms with Gasteiger partial charge in [-0.1, -0.05) is 0 Å². The van der Waals surface area contributed by atoms with Gasteiger partial charge in [-0.25, -0.2) is 0 Å². The van der Waals surface area contributed by atoms with Crippen LogP contribution in [0.4, 0.5) is 0 Å². The maximum absolute atomic E-state index is 12.5. The Morgan fingerprint density at radius 1 is 1.00 bits per heavy atom. The van der Waals surface area contributed by atoms with Crippen molar-refractivity contribution < 1.29 is 4.79 Å². The Kier molecular flexibility index (Phi) is 1.98. The molecule has 94 valence electrons. The third-order valence-electron chi connectivity index (χ3n) is 5.58. The lowest BCUT2D eigenvalue weighted by Crippen LogP contribution is -2.51. The van der Waals surface area contributed by atoms with Crippen LogP contribution in [0.3, 0.4) is 0 Å². The van der Waals surface area contributed by atoms with Crippen LogP contribution in [-0.4, -0.2) is 28.9 Å². The van der Waals surface area contributed by atoms with E-state index in [-0.39, 0.29) is 5.91 Å². The van der Waals surface area contributed by atoms with Crippen LogP contribution in [0, 0.1) is 17.8 Å². The molecular formula is C14H22N2O. The van der Waals surface area contributed by atoms with Crippen molar-refractivity contribution in [1.29, 1.82) is 0 Å². The average Bonchev–Trinajstić information content (AvgIpc) is 3.05. The summed E-state index contributed by atoms with van der Waals surface area (Å²) in [6.45, 7) is 1.01. The van der Waals surface area contributed by atoms with Crippen molar-refractivity contribution in [3.63, 3.8) is 0 Å². The van der Waals surface area contributed by atoms with Gasteiger partial charge in [0.1, 0.15) is 0 Å². The molecule has 1 amide bonds. The molecule has 3 saturated carbocycles. The summed E-state index contributed by atoms with van der Waals surface area (Å²) in [4.78, 5) is 14.7. The highest BCUT2D eigenvalue weighted by atomic mass is 16.2. The molecule has 2 unspecified atom stereocenters. The third-order valence-corrected chi connectivity index (χ3v) is 5.58. The molecule has 3 nitrogen and oxygen atoms in total. The van der Waals surface area contributed by atoms with Gasteiger partial charge in [-0.15, -0.1) is 0 Å². The van der Waals surface area contributed by atoms with Gasteiger partial charge in [-0.3, -0.25) is 4.79 Å². The summed E-state index contributed by atoms with van der Waals surface area (Å²) in [5.74, 6) is 2.86. The summed E-state index contributed by atoms with van der Waals surface area (Å²) < 4.78 is 0. The second kappa shape index (κ2) is 3.25. The molecular weight excluding hydrogens is 212 g/mol. The maximum atomic E-state index is 12.5. The van der Waals surface area contributed by atoms with Crippen molar-refractivity contribution in [3.8, 4) is 0 Å². The number of amides is 1. The highest BCUT2D eigenvalue weighted by molar-refractivity contribution is 5.89. The van der Waals surface area contributed by atoms with Crippen LogP contribution in [0.25, 0.3) is 0 Å². The molecule has 17 heavy (non-hydrogen) atoms. The summed E-state index contributed by atoms with van der Waals surface area (Å²) in [5, 5.41) is 0. The van der Waals surface area contributed by atoms with E-state index in [1.165, 1.54) is 32.1 Å². The molecule has 2 N–H and O–H groups in total. The Hall–Kier alpha value is -0.570. The van der Waals surface area contributed by atoms with Gasteiger partial charge in [0.05, 0.1) is 5.54 Å². The lowest BCUT2D eigenvalue weighted by atomic mass is 9.68. The topological polar surface area (TPSA) is 46.3 Å². The summed E-state index contributed by atoms with van der Waals surface area (Å²) in [7, 11) is 0. The minimum Gasteiger partial charge on any atom is -0.338 e. The number of hydrogen-bond donors (Lipinski definition) is 1. The standard InChI is InChI=1S/C14H22N2O/c15-14(1-2-14)13(17)16-8-11-4-9-3-10(5-11)7-12(16)6-9/h9-12H,1-8,15H2. The Labute approximate surface area is 103 Å². The van der Waals surface area contributed by atoms with E-state index in [0.29, 0.717) is 6.04 Å². The Bertz CT molecular complexity index is 349. The first-order valence-electron chi connectivity index (χ1n) is 7.24. The molecule has 3 heteroatoms. The van der Waals surface area contributed by atoms with Crippen LogP contribution < -0.4 is 5.73 Å². The number of fused-ring (bicyclic) bond motifs is 1. The maximum Gasteiger partial charge on any atom is 0.242 e. The third kappa shape index (κ3) is 1.55. The van der Waals surface area contributed by atoms with Crippen molar-refractivity contribution in [1.82, 2.24) is 4.90 Å². The number of carbonyl (C=O) groups is 1. The molecule has 4 bridgehead atoms. The zero-order valence-electron chi connectivity index (χ0n) is 10.4. The predicted molar refractivity (Wildman–Crippen MR) is 65.2 cm³/mol. The predicted octanol–water partition coefficient (Wildman–Crippen LogP) is 1.51. The van der Waals surface area contributed by atoms with Crippen molar-refractivity contribution in [2.45, 2.75) is 56.5 Å². The van der Waals surface area contributed by atoms with E-state index < -0.39 is 5.54 Å². The largest absolute Gasteiger partial charge is 0.338 e. The van der Waals surface area contributed by atoms with E-state index in [4.69, 9.17) is 5.73 Å². The zero-order valence-corrected chi connectivity index (χ0v) is 10.4. The molecule has 5 aliphatic rings. The van der Waals surface area contributed by atoms with Gasteiger partial charge in [0.25, 0.3) is 0 Å². The smallest absolute Gasteiger partial charge is 0.242 e. The summed E-state index contributed by atoms with van der Waals surface area (Å²) in [6.07, 6.45) is 8.51. The second-order valence-electron chi connectivity index (χ2n) is 7.04. The lowest BCUT2D eigenvalue weighted by Gasteiger charge is -2.39. The molecule has 5 fully saturated rings. The van der Waals surface area contributed by atoms with Crippen LogP contribution >= 0.6 is 0 Å². The molecule has 3 aliphatic carbocycles. The molecule has 0 aromatic heterocycles. The normalized spacial score (nSPS) is 45.8. The van der Waals surface area contributed by atoms with Gasteiger partial charge >= 0.3 is 0 Å². The summed E-state index contributed by atoms with van der Waals surface area (Å²) in [5.41, 5.74) is 5.65. The molecule has 0 aromatic carbocycles. The molecule has 0 aromatic rings. The Balaban J connectivity index is 1.62. The number of hydrogen-bond acceptors (Lipinski definition) is 2. The first-order valence-corrected chi connectivity index (χ1v) is 7.24. The van der Waals surface area contributed by atoms with Crippen molar-refractivity contribution in [3.05, 3.63) is 0 Å². The van der Waals surface area contributed by atoms with E-state index in [1.807, 2.05) is 0 Å². The number of carbonyl (C=O) groups excluding carboxylic acids is 1. The molecule has 0 radical (unpaired) electrons. The van der Waals surface area contributed by atoms with Crippen molar-refractivity contribution >= 4 is 5.91 Å². The monoisotopic (exact) mass is 234 g/mol. The summed E-state index contributed by atoms with van der Waals surface area (Å²) in [6, 6.07) is 0.528. The van der Waals surface area contributed by atoms with E-state index in [9.17, 15) is 4.79 Å². The first kappa shape index (κ1) is 10.4. The molecule has 2 aliphatic heterocycles. The van der Waals surface area contributed by atoms with E-state index in [2.05, 4.69) is 4.90 Å². The summed E-state index contributed by atoms with van der Waals surface area (Å²) >= 11 is 0. The van der Waals surface area contributed by atoms with E-state index >= 15 is 0 Å². The first-order chi connectivity index (χ1) is 8.14. The van der Waals surface area contributed by atoms with E-state index in [0.717, 1.165) is 37.1 Å². The van der Waals surface area contributed by atoms with Crippen LogP contribution in [0.15, 0.2) is 0 Å². The number of nitrogens with zero attached hydrogens (tertiary/aromatic N) is 1. The molecule has 2 atom stereocenters. The van der Waals surface area contributed by atoms with Crippen LogP contribution in [0.2, 0.25) is 0 Å². The fourth-order valence-corrected chi connectivity index (χ4v) is 4.67. The highest BCUT2D eigenvalue weighted by Crippen LogP contribution is 2.48. The van der Waals surface area contributed by atoms with Gasteiger partial charge in [0.15, 0.2) is 0 Å². The fraction of sp³-hybridized carbons (Fsp3) is 0.929. The second-order valence-corrected chi connectivity index (χ2v) is 7.04. The van der Waals surface area contributed by atoms with E-state index in [1.54, 1.807) is 0 Å². The van der Waals surface area contributed by atoms with Crippen molar-refractivity contribution in [2.24, 2.45) is 23.5 Å². The zero-order chi connectivity index (χ0) is 11.6. The van der Waals surface area contributed by atoms with Gasteiger partial charge in [0, 0.05) is 12.6 Å². The molecule has 0 spiro atoms. The number of rotatable bonds is 1. The van der Waals surface area contributed by atoms with Gasteiger partial charge < -0.3 is 10.6 Å². The fourth-order valence-electron chi connectivity index (χ4n) is 4.67. The van der Waals surface area contributed by atoms with Crippen LogP contribution in [0.5, 0.6) is 0 Å². The van der Waals surface area contributed by atoms with Crippen LogP contribution in [0.1, 0.15) is 44.9 Å². The van der Waals surface area contributed by atoms with Gasteiger partial charge in [-0.05, 0) is 62.7 Å². The minimum absolute atomic E-state index is 0.274. The Morgan fingerprint density at radius 3 is 2.18 bits per heavy atom. The SMILES string of the molecule is NC1(C(=O)N2CC3CC4CC(C3)CC2C4)CC1. The lowest BCUT2D eigenvalue weighted by molar-refractivity contribution is -0.136. The van der Waals surface area contributed by atoms with Crippen molar-refractivity contribution in [2.75, 3.05) is 6.54 Å².